The molecule has 130 valence electrons. The van der Waals surface area contributed by atoms with Crippen molar-refractivity contribution in [3.05, 3.63) is 35.2 Å². The third-order valence-corrected chi connectivity index (χ3v) is 4.78. The first kappa shape index (κ1) is 19.1. The van der Waals surface area contributed by atoms with Gasteiger partial charge in [0.15, 0.2) is 0 Å². The molecule has 24 heavy (non-hydrogen) atoms. The number of rotatable bonds is 5. The Kier molecular flexibility index (Phi) is 7.36. The number of carbonyl (C=O) groups excluding carboxylic acids is 1. The first-order chi connectivity index (χ1) is 11.2. The normalized spacial score (nSPS) is 17.1. The maximum Gasteiger partial charge on any atom is 0.246 e. The van der Waals surface area contributed by atoms with E-state index in [1.54, 1.807) is 12.1 Å². The number of hydrogen-bond donors (Lipinski definition) is 2. The van der Waals surface area contributed by atoms with Crippen LogP contribution in [0.2, 0.25) is 5.02 Å². The standard InChI is InChI=1S/C15H17ClN4O2S.ClH/c16-11-3-1-2-10(6-11)15-19-14(22-20-15)8-18-13(21)7-12-9-23-5-4-17-12;/h1-3,6,12,17H,4-5,7-9H2,(H,18,21);1H. The van der Waals surface area contributed by atoms with E-state index >= 15 is 0 Å². The fourth-order valence-corrected chi connectivity index (χ4v) is 3.43. The molecule has 1 aromatic carbocycles. The Balaban J connectivity index is 0.00000208. The van der Waals surface area contributed by atoms with E-state index in [1.807, 2.05) is 23.9 Å². The van der Waals surface area contributed by atoms with E-state index in [2.05, 4.69) is 20.8 Å². The van der Waals surface area contributed by atoms with Gasteiger partial charge in [0.25, 0.3) is 0 Å². The second-order valence-corrected chi connectivity index (χ2v) is 6.82. The largest absolute Gasteiger partial charge is 0.347 e. The molecule has 9 heteroatoms. The van der Waals surface area contributed by atoms with Crippen molar-refractivity contribution >= 4 is 41.7 Å². The van der Waals surface area contributed by atoms with Gasteiger partial charge in [0.05, 0.1) is 6.54 Å². The Morgan fingerprint density at radius 1 is 1.50 bits per heavy atom. The second-order valence-electron chi connectivity index (χ2n) is 5.23. The van der Waals surface area contributed by atoms with Crippen molar-refractivity contribution in [1.29, 1.82) is 0 Å². The summed E-state index contributed by atoms with van der Waals surface area (Å²) in [6.45, 7) is 1.18. The molecule has 0 bridgehead atoms. The highest BCUT2D eigenvalue weighted by molar-refractivity contribution is 7.99. The fourth-order valence-electron chi connectivity index (χ4n) is 2.29. The van der Waals surface area contributed by atoms with Gasteiger partial charge >= 0.3 is 0 Å². The van der Waals surface area contributed by atoms with Gasteiger partial charge in [-0.25, -0.2) is 0 Å². The average Bonchev–Trinajstić information content (AvgIpc) is 3.03. The lowest BCUT2D eigenvalue weighted by atomic mass is 10.2. The van der Waals surface area contributed by atoms with Crippen LogP contribution < -0.4 is 10.6 Å². The quantitative estimate of drug-likeness (QED) is 0.818. The minimum atomic E-state index is -0.0208. The van der Waals surface area contributed by atoms with Crippen LogP contribution in [-0.4, -0.2) is 40.1 Å². The Labute approximate surface area is 155 Å². The van der Waals surface area contributed by atoms with Gasteiger partial charge in [0.1, 0.15) is 0 Å². The van der Waals surface area contributed by atoms with Crippen LogP contribution in [0.5, 0.6) is 0 Å². The number of halogens is 2. The molecule has 3 rings (SSSR count). The Morgan fingerprint density at radius 3 is 3.12 bits per heavy atom. The number of aromatic nitrogens is 2. The molecule has 0 aliphatic carbocycles. The average molecular weight is 389 g/mol. The van der Waals surface area contributed by atoms with Crippen LogP contribution in [0.1, 0.15) is 12.3 Å². The van der Waals surface area contributed by atoms with Crippen molar-refractivity contribution in [2.75, 3.05) is 18.1 Å². The van der Waals surface area contributed by atoms with Crippen molar-refractivity contribution in [2.45, 2.75) is 19.0 Å². The van der Waals surface area contributed by atoms with Gasteiger partial charge in [-0.3, -0.25) is 4.79 Å². The van der Waals surface area contributed by atoms with Gasteiger partial charge in [-0.15, -0.1) is 12.4 Å². The lowest BCUT2D eigenvalue weighted by Gasteiger charge is -2.22. The zero-order chi connectivity index (χ0) is 16.1. The molecule has 6 nitrogen and oxygen atoms in total. The molecular formula is C15H18Cl2N4O2S. The van der Waals surface area contributed by atoms with Gasteiger partial charge in [-0.1, -0.05) is 28.9 Å². The van der Waals surface area contributed by atoms with Gasteiger partial charge < -0.3 is 15.2 Å². The summed E-state index contributed by atoms with van der Waals surface area (Å²) in [4.78, 5) is 16.2. The molecule has 0 saturated carbocycles. The number of nitrogens with zero attached hydrogens (tertiary/aromatic N) is 2. The first-order valence-electron chi connectivity index (χ1n) is 7.37. The molecule has 1 unspecified atom stereocenters. The van der Waals surface area contributed by atoms with Crippen LogP contribution in [0.15, 0.2) is 28.8 Å². The molecule has 1 saturated heterocycles. The van der Waals surface area contributed by atoms with E-state index < -0.39 is 0 Å². The Hall–Kier alpha value is -1.28. The van der Waals surface area contributed by atoms with Gasteiger partial charge in [0, 0.05) is 41.1 Å². The second kappa shape index (κ2) is 9.27. The molecule has 1 amide bonds. The fraction of sp³-hybridized carbons (Fsp3) is 0.400. The third-order valence-electron chi connectivity index (χ3n) is 3.42. The molecule has 1 aliphatic rings. The highest BCUT2D eigenvalue weighted by Crippen LogP contribution is 2.19. The number of thioether (sulfide) groups is 1. The van der Waals surface area contributed by atoms with E-state index in [1.165, 1.54) is 0 Å². The number of carbonyl (C=O) groups is 1. The highest BCUT2D eigenvalue weighted by atomic mass is 35.5. The summed E-state index contributed by atoms with van der Waals surface area (Å²) in [6.07, 6.45) is 0.461. The lowest BCUT2D eigenvalue weighted by molar-refractivity contribution is -0.121. The van der Waals surface area contributed by atoms with Crippen LogP contribution in [0.3, 0.4) is 0 Å². The van der Waals surface area contributed by atoms with Crippen LogP contribution in [0.25, 0.3) is 11.4 Å². The summed E-state index contributed by atoms with van der Waals surface area (Å²) in [7, 11) is 0. The van der Waals surface area contributed by atoms with E-state index in [9.17, 15) is 4.79 Å². The summed E-state index contributed by atoms with van der Waals surface area (Å²) in [5, 5.41) is 10.7. The van der Waals surface area contributed by atoms with Crippen LogP contribution in [0, 0.1) is 0 Å². The van der Waals surface area contributed by atoms with Crippen molar-refractivity contribution in [3.8, 4) is 11.4 Å². The van der Waals surface area contributed by atoms with Crippen molar-refractivity contribution in [2.24, 2.45) is 0 Å². The van der Waals surface area contributed by atoms with E-state index in [-0.39, 0.29) is 30.9 Å². The predicted octanol–water partition coefficient (Wildman–Crippen LogP) is 2.52. The van der Waals surface area contributed by atoms with E-state index in [0.29, 0.717) is 23.2 Å². The van der Waals surface area contributed by atoms with Crippen molar-refractivity contribution in [1.82, 2.24) is 20.8 Å². The SMILES string of the molecule is Cl.O=C(CC1CSCCN1)NCc1nc(-c2cccc(Cl)c2)no1. The van der Waals surface area contributed by atoms with E-state index in [4.69, 9.17) is 16.1 Å². The Morgan fingerprint density at radius 2 is 2.38 bits per heavy atom. The summed E-state index contributed by atoms with van der Waals surface area (Å²) in [6, 6.07) is 7.46. The summed E-state index contributed by atoms with van der Waals surface area (Å²) >= 11 is 7.81. The number of amides is 1. The molecule has 0 radical (unpaired) electrons. The molecule has 0 spiro atoms. The maximum atomic E-state index is 11.9. The molecule has 1 aromatic heterocycles. The minimum Gasteiger partial charge on any atom is -0.347 e. The number of nitrogens with one attached hydrogen (secondary N) is 2. The topological polar surface area (TPSA) is 80.0 Å². The minimum absolute atomic E-state index is 0. The highest BCUT2D eigenvalue weighted by Gasteiger charge is 2.17. The van der Waals surface area contributed by atoms with E-state index in [0.717, 1.165) is 23.6 Å². The van der Waals surface area contributed by atoms with Gasteiger partial charge in [-0.2, -0.15) is 16.7 Å². The first-order valence-corrected chi connectivity index (χ1v) is 8.90. The van der Waals surface area contributed by atoms with Crippen molar-refractivity contribution in [3.63, 3.8) is 0 Å². The smallest absolute Gasteiger partial charge is 0.246 e. The van der Waals surface area contributed by atoms with Gasteiger partial charge in [0.2, 0.25) is 17.6 Å². The zero-order valence-corrected chi connectivity index (χ0v) is 15.2. The molecule has 1 fully saturated rings. The maximum absolute atomic E-state index is 11.9. The predicted molar refractivity (Wildman–Crippen MR) is 97.6 cm³/mol. The third kappa shape index (κ3) is 5.37. The zero-order valence-electron chi connectivity index (χ0n) is 12.8. The van der Waals surface area contributed by atoms with Crippen molar-refractivity contribution < 1.29 is 9.32 Å². The Bertz CT molecular complexity index is 677. The number of benzene rings is 1. The lowest BCUT2D eigenvalue weighted by Crippen LogP contribution is -2.41. The number of hydrogen-bond acceptors (Lipinski definition) is 6. The summed E-state index contributed by atoms with van der Waals surface area (Å²) < 4.78 is 5.16. The van der Waals surface area contributed by atoms with Gasteiger partial charge in [-0.05, 0) is 12.1 Å². The summed E-state index contributed by atoms with van der Waals surface area (Å²) in [5.74, 6) is 2.88. The molecular weight excluding hydrogens is 371 g/mol. The van der Waals surface area contributed by atoms with Crippen LogP contribution in [-0.2, 0) is 11.3 Å². The molecule has 2 heterocycles. The molecule has 2 N–H and O–H groups in total. The summed E-state index contributed by atoms with van der Waals surface area (Å²) in [5.41, 5.74) is 0.780. The monoisotopic (exact) mass is 388 g/mol. The van der Waals surface area contributed by atoms with Crippen LogP contribution in [0.4, 0.5) is 0 Å². The van der Waals surface area contributed by atoms with Crippen LogP contribution >= 0.6 is 35.8 Å². The molecule has 2 aromatic rings. The molecule has 1 aliphatic heterocycles. The molecule has 1 atom stereocenters.